The number of nitrogens with one attached hydrogen (secondary N) is 1. The molecule has 3 heterocycles. The number of H-pyrrole nitrogens is 1. The van der Waals surface area contributed by atoms with Gasteiger partial charge in [0.2, 0.25) is 0 Å². The van der Waals surface area contributed by atoms with Gasteiger partial charge >= 0.3 is 5.69 Å². The van der Waals surface area contributed by atoms with E-state index in [1.165, 1.54) is 12.3 Å². The predicted molar refractivity (Wildman–Crippen MR) is 65.6 cm³/mol. The average molecular weight is 242 g/mol. The van der Waals surface area contributed by atoms with Crippen LogP contribution in [-0.4, -0.2) is 18.9 Å². The normalized spacial score (nSPS) is 10.9. The molecule has 0 spiro atoms. The molecule has 6 nitrogen and oxygen atoms in total. The van der Waals surface area contributed by atoms with Crippen LogP contribution < -0.4 is 11.2 Å². The van der Waals surface area contributed by atoms with E-state index in [0.29, 0.717) is 5.69 Å². The Hall–Kier alpha value is -2.63. The Balaban J connectivity index is 2.07. The third kappa shape index (κ3) is 1.73. The molecule has 1 N–H and O–H groups in total. The standard InChI is InChI=1S/C12H10N4O2/c17-11-4-5-13-12(18)16(11)8-9-7-15-6-2-1-3-10(15)14-9/h1-7H,8H2,(H,13,18). The molecule has 0 amide bonds. The zero-order valence-electron chi connectivity index (χ0n) is 9.41. The molecule has 0 saturated heterocycles. The number of pyridine rings is 1. The lowest BCUT2D eigenvalue weighted by molar-refractivity contribution is 0.688. The van der Waals surface area contributed by atoms with E-state index in [0.717, 1.165) is 10.2 Å². The van der Waals surface area contributed by atoms with Crippen molar-refractivity contribution in [3.8, 4) is 0 Å². The molecular formula is C12H10N4O2. The minimum Gasteiger partial charge on any atom is -0.314 e. The SMILES string of the molecule is O=c1cc[nH]c(=O)n1Cc1cn2ccccc2n1. The molecule has 18 heavy (non-hydrogen) atoms. The highest BCUT2D eigenvalue weighted by molar-refractivity contribution is 5.39. The van der Waals surface area contributed by atoms with Gasteiger partial charge in [0, 0.05) is 24.7 Å². The van der Waals surface area contributed by atoms with Gasteiger partial charge < -0.3 is 9.38 Å². The first-order valence-corrected chi connectivity index (χ1v) is 5.45. The van der Waals surface area contributed by atoms with Crippen LogP contribution in [0.25, 0.3) is 5.65 Å². The second-order valence-electron chi connectivity index (χ2n) is 3.91. The maximum absolute atomic E-state index is 11.6. The molecule has 0 fully saturated rings. The fraction of sp³-hybridized carbons (Fsp3) is 0.0833. The third-order valence-corrected chi connectivity index (χ3v) is 2.68. The minimum absolute atomic E-state index is 0.163. The van der Waals surface area contributed by atoms with Crippen molar-refractivity contribution in [2.45, 2.75) is 6.54 Å². The molecule has 6 heteroatoms. The highest BCUT2D eigenvalue weighted by Crippen LogP contribution is 2.04. The van der Waals surface area contributed by atoms with Gasteiger partial charge in [-0.2, -0.15) is 0 Å². The van der Waals surface area contributed by atoms with Crippen molar-refractivity contribution in [2.24, 2.45) is 0 Å². The molecule has 3 rings (SSSR count). The number of fused-ring (bicyclic) bond motifs is 1. The van der Waals surface area contributed by atoms with Gasteiger partial charge in [0.25, 0.3) is 5.56 Å². The summed E-state index contributed by atoms with van der Waals surface area (Å²) < 4.78 is 2.96. The third-order valence-electron chi connectivity index (χ3n) is 2.68. The van der Waals surface area contributed by atoms with Crippen LogP contribution in [0.5, 0.6) is 0 Å². The number of aromatic amines is 1. The van der Waals surface area contributed by atoms with E-state index in [-0.39, 0.29) is 12.1 Å². The summed E-state index contributed by atoms with van der Waals surface area (Å²) in [4.78, 5) is 29.9. The summed E-state index contributed by atoms with van der Waals surface area (Å²) in [6, 6.07) is 6.95. The Morgan fingerprint density at radius 1 is 1.22 bits per heavy atom. The molecule has 0 aromatic carbocycles. The minimum atomic E-state index is -0.431. The lowest BCUT2D eigenvalue weighted by Crippen LogP contribution is -2.34. The molecule has 0 aliphatic carbocycles. The number of imidazole rings is 1. The molecule has 3 aromatic heterocycles. The molecule has 0 bridgehead atoms. The van der Waals surface area contributed by atoms with Gasteiger partial charge in [0.1, 0.15) is 5.65 Å². The van der Waals surface area contributed by atoms with Crippen LogP contribution in [0, 0.1) is 0 Å². The zero-order chi connectivity index (χ0) is 12.5. The van der Waals surface area contributed by atoms with Crippen molar-refractivity contribution in [2.75, 3.05) is 0 Å². The summed E-state index contributed by atoms with van der Waals surface area (Å²) in [7, 11) is 0. The van der Waals surface area contributed by atoms with E-state index >= 15 is 0 Å². The maximum Gasteiger partial charge on any atom is 0.328 e. The Morgan fingerprint density at radius 2 is 2.11 bits per heavy atom. The highest BCUT2D eigenvalue weighted by Gasteiger charge is 2.05. The summed E-state index contributed by atoms with van der Waals surface area (Å²) in [5.74, 6) is 0. The Morgan fingerprint density at radius 3 is 2.89 bits per heavy atom. The summed E-state index contributed by atoms with van der Waals surface area (Å²) in [5.41, 5.74) is 0.684. The summed E-state index contributed by atoms with van der Waals surface area (Å²) >= 11 is 0. The Labute approximate surface area is 101 Å². The van der Waals surface area contributed by atoms with Crippen LogP contribution in [0.2, 0.25) is 0 Å². The van der Waals surface area contributed by atoms with Gasteiger partial charge in [-0.1, -0.05) is 6.07 Å². The monoisotopic (exact) mass is 242 g/mol. The van der Waals surface area contributed by atoms with E-state index in [2.05, 4.69) is 9.97 Å². The average Bonchev–Trinajstić information content (AvgIpc) is 2.76. The summed E-state index contributed by atoms with van der Waals surface area (Å²) in [6.45, 7) is 0.163. The quantitative estimate of drug-likeness (QED) is 0.699. The van der Waals surface area contributed by atoms with Gasteiger partial charge in [0.15, 0.2) is 0 Å². The van der Waals surface area contributed by atoms with Gasteiger partial charge in [-0.25, -0.2) is 9.78 Å². The molecule has 0 unspecified atom stereocenters. The maximum atomic E-state index is 11.6. The molecule has 3 aromatic rings. The van der Waals surface area contributed by atoms with Gasteiger partial charge in [0.05, 0.1) is 12.2 Å². The van der Waals surface area contributed by atoms with Crippen molar-refractivity contribution in [3.05, 3.63) is 69.4 Å². The van der Waals surface area contributed by atoms with Crippen LogP contribution in [0.15, 0.2) is 52.4 Å². The van der Waals surface area contributed by atoms with E-state index in [9.17, 15) is 9.59 Å². The Bertz CT molecular complexity index is 751. The largest absolute Gasteiger partial charge is 0.328 e. The van der Waals surface area contributed by atoms with Gasteiger partial charge in [-0.3, -0.25) is 9.36 Å². The first-order chi connectivity index (χ1) is 8.74. The first kappa shape index (κ1) is 10.5. The second-order valence-corrected chi connectivity index (χ2v) is 3.91. The van der Waals surface area contributed by atoms with Gasteiger partial charge in [-0.05, 0) is 12.1 Å². The van der Waals surface area contributed by atoms with Crippen molar-refractivity contribution in [3.63, 3.8) is 0 Å². The topological polar surface area (TPSA) is 72.2 Å². The molecule has 90 valence electrons. The smallest absolute Gasteiger partial charge is 0.314 e. The molecule has 0 atom stereocenters. The molecule has 0 radical (unpaired) electrons. The van der Waals surface area contributed by atoms with Crippen molar-refractivity contribution >= 4 is 5.65 Å². The first-order valence-electron chi connectivity index (χ1n) is 5.45. The molecule has 0 saturated carbocycles. The Kier molecular flexibility index (Phi) is 2.33. The van der Waals surface area contributed by atoms with Crippen molar-refractivity contribution < 1.29 is 0 Å². The highest BCUT2D eigenvalue weighted by atomic mass is 16.2. The van der Waals surface area contributed by atoms with E-state index in [4.69, 9.17) is 0 Å². The molecule has 0 aliphatic rings. The van der Waals surface area contributed by atoms with Crippen LogP contribution in [0.4, 0.5) is 0 Å². The van der Waals surface area contributed by atoms with Gasteiger partial charge in [-0.15, -0.1) is 0 Å². The molecular weight excluding hydrogens is 232 g/mol. The summed E-state index contributed by atoms with van der Waals surface area (Å²) in [6.07, 6.45) is 5.00. The number of rotatable bonds is 2. The van der Waals surface area contributed by atoms with Crippen LogP contribution in [0.3, 0.4) is 0 Å². The zero-order valence-corrected chi connectivity index (χ0v) is 9.41. The van der Waals surface area contributed by atoms with Crippen LogP contribution in [-0.2, 0) is 6.54 Å². The number of aromatic nitrogens is 4. The van der Waals surface area contributed by atoms with Crippen LogP contribution in [0.1, 0.15) is 5.69 Å². The van der Waals surface area contributed by atoms with Crippen molar-refractivity contribution in [1.82, 2.24) is 18.9 Å². The predicted octanol–water partition coefficient (Wildman–Crippen LogP) is 0.233. The second kappa shape index (κ2) is 3.99. The van der Waals surface area contributed by atoms with E-state index < -0.39 is 5.69 Å². The summed E-state index contributed by atoms with van der Waals surface area (Å²) in [5, 5.41) is 0. The van der Waals surface area contributed by atoms with Crippen molar-refractivity contribution in [1.29, 1.82) is 0 Å². The number of nitrogens with zero attached hydrogens (tertiary/aromatic N) is 3. The fourth-order valence-electron chi connectivity index (χ4n) is 1.83. The molecule has 0 aliphatic heterocycles. The number of hydrogen-bond acceptors (Lipinski definition) is 3. The fourth-order valence-corrected chi connectivity index (χ4v) is 1.83. The van der Waals surface area contributed by atoms with E-state index in [1.54, 1.807) is 6.20 Å². The lowest BCUT2D eigenvalue weighted by atomic mass is 10.4. The number of hydrogen-bond donors (Lipinski definition) is 1. The lowest BCUT2D eigenvalue weighted by Gasteiger charge is -1.99. The van der Waals surface area contributed by atoms with Crippen LogP contribution >= 0.6 is 0 Å². The van der Waals surface area contributed by atoms with E-state index in [1.807, 2.05) is 28.8 Å².